The Morgan fingerprint density at radius 3 is 3.08 bits per heavy atom. The molecule has 0 spiro atoms. The van der Waals surface area contributed by atoms with Crippen LogP contribution in [0.15, 0.2) is 24.4 Å². The maximum absolute atomic E-state index is 8.97. The second kappa shape index (κ2) is 2.87. The van der Waals surface area contributed by atoms with E-state index in [1.807, 2.05) is 0 Å². The summed E-state index contributed by atoms with van der Waals surface area (Å²) in [5.74, 6) is 0. The zero-order chi connectivity index (χ0) is 11.9. The fourth-order valence-electron chi connectivity index (χ4n) is 1.21. The van der Waals surface area contributed by atoms with E-state index in [1.165, 1.54) is 24.4 Å². The van der Waals surface area contributed by atoms with Crippen LogP contribution < -0.4 is 5.46 Å². The van der Waals surface area contributed by atoms with Gasteiger partial charge >= 0.3 is 7.12 Å². The highest BCUT2D eigenvalue weighted by Gasteiger charge is 2.11. The molecule has 0 atom stereocenters. The fraction of sp³-hybridized carbons (Fsp3) is 0.125. The number of aryl methyl sites for hydroxylation is 1. The molecule has 0 saturated heterocycles. The summed E-state index contributed by atoms with van der Waals surface area (Å²) in [4.78, 5) is 0. The Bertz CT molecular complexity index is 523. The van der Waals surface area contributed by atoms with E-state index in [0.717, 1.165) is 4.68 Å². The molecule has 66 valence electrons. The monoisotopic (exact) mass is 179 g/mol. The van der Waals surface area contributed by atoms with Gasteiger partial charge < -0.3 is 10.0 Å². The molecule has 0 bridgehead atoms. The second-order valence-electron chi connectivity index (χ2n) is 2.75. The highest BCUT2D eigenvalue weighted by Crippen LogP contribution is 2.09. The van der Waals surface area contributed by atoms with E-state index in [2.05, 4.69) is 5.10 Å². The van der Waals surface area contributed by atoms with Crippen molar-refractivity contribution in [3.05, 3.63) is 24.4 Å². The molecule has 0 aliphatic heterocycles. The Labute approximate surface area is 79.8 Å². The summed E-state index contributed by atoms with van der Waals surface area (Å²) >= 11 is 0. The first-order valence-corrected chi connectivity index (χ1v) is 3.74. The SMILES string of the molecule is [2H]C([2H])([2H])n1ncc2cc(B(O)O)ccc21. The summed E-state index contributed by atoms with van der Waals surface area (Å²) in [5, 5.41) is 22.2. The molecule has 2 aromatic rings. The fourth-order valence-corrected chi connectivity index (χ4v) is 1.21. The van der Waals surface area contributed by atoms with E-state index in [4.69, 9.17) is 14.2 Å². The predicted molar refractivity (Wildman–Crippen MR) is 50.5 cm³/mol. The second-order valence-corrected chi connectivity index (χ2v) is 2.75. The van der Waals surface area contributed by atoms with Crippen molar-refractivity contribution in [1.29, 1.82) is 0 Å². The van der Waals surface area contributed by atoms with Crippen LogP contribution >= 0.6 is 0 Å². The smallest absolute Gasteiger partial charge is 0.423 e. The lowest BCUT2D eigenvalue weighted by Gasteiger charge is -1.99. The van der Waals surface area contributed by atoms with E-state index in [9.17, 15) is 0 Å². The third kappa shape index (κ3) is 1.32. The molecule has 13 heavy (non-hydrogen) atoms. The van der Waals surface area contributed by atoms with Crippen LogP contribution in [0, 0.1) is 0 Å². The van der Waals surface area contributed by atoms with Gasteiger partial charge in [-0.1, -0.05) is 12.1 Å². The van der Waals surface area contributed by atoms with E-state index in [-0.39, 0.29) is 0 Å². The van der Waals surface area contributed by atoms with Crippen molar-refractivity contribution >= 4 is 23.5 Å². The number of fused-ring (bicyclic) bond motifs is 1. The lowest BCUT2D eigenvalue weighted by molar-refractivity contribution is 0.426. The van der Waals surface area contributed by atoms with Gasteiger partial charge in [0, 0.05) is 16.5 Å². The summed E-state index contributed by atoms with van der Waals surface area (Å²) < 4.78 is 22.7. The third-order valence-electron chi connectivity index (χ3n) is 1.89. The van der Waals surface area contributed by atoms with Crippen molar-refractivity contribution in [3.63, 3.8) is 0 Å². The van der Waals surface area contributed by atoms with Crippen LogP contribution in [0.4, 0.5) is 0 Å². The molecule has 4 nitrogen and oxygen atoms in total. The van der Waals surface area contributed by atoms with Crippen molar-refractivity contribution in [1.82, 2.24) is 9.78 Å². The van der Waals surface area contributed by atoms with Crippen LogP contribution in [0.5, 0.6) is 0 Å². The van der Waals surface area contributed by atoms with Gasteiger partial charge in [-0.15, -0.1) is 0 Å². The van der Waals surface area contributed by atoms with E-state index in [0.29, 0.717) is 16.4 Å². The standard InChI is InChI=1S/C8H9BN2O2/c1-11-8-3-2-7(9(12)13)4-6(8)5-10-11/h2-5,12-13H,1H3/i1D3. The summed E-state index contributed by atoms with van der Waals surface area (Å²) in [5.41, 5.74) is 0.738. The van der Waals surface area contributed by atoms with Crippen molar-refractivity contribution in [3.8, 4) is 0 Å². The molecule has 0 amide bonds. The van der Waals surface area contributed by atoms with Gasteiger partial charge in [-0.2, -0.15) is 5.10 Å². The van der Waals surface area contributed by atoms with Crippen LogP contribution in [0.3, 0.4) is 0 Å². The van der Waals surface area contributed by atoms with Crippen LogP contribution in [0.2, 0.25) is 0 Å². The molecule has 5 heteroatoms. The molecule has 0 aliphatic carbocycles. The Kier molecular flexibility index (Phi) is 1.19. The van der Waals surface area contributed by atoms with Crippen LogP contribution in [-0.2, 0) is 6.98 Å². The highest BCUT2D eigenvalue weighted by molar-refractivity contribution is 6.58. The molecule has 1 aromatic carbocycles. The third-order valence-corrected chi connectivity index (χ3v) is 1.89. The quantitative estimate of drug-likeness (QED) is 0.566. The predicted octanol–water partition coefficient (Wildman–Crippen LogP) is -0.747. The molecule has 0 fully saturated rings. The average molecular weight is 179 g/mol. The average Bonchev–Trinajstić information content (AvgIpc) is 2.58. The van der Waals surface area contributed by atoms with Crippen molar-refractivity contribution in [2.45, 2.75) is 0 Å². The largest absolute Gasteiger partial charge is 0.488 e. The van der Waals surface area contributed by atoms with Gasteiger partial charge in [0.15, 0.2) is 0 Å². The Balaban J connectivity index is 2.59. The number of aromatic nitrogens is 2. The van der Waals surface area contributed by atoms with Crippen LogP contribution in [0.1, 0.15) is 4.11 Å². The van der Waals surface area contributed by atoms with Crippen LogP contribution in [0.25, 0.3) is 10.9 Å². The summed E-state index contributed by atoms with van der Waals surface area (Å²) in [6, 6.07) is 4.45. The van der Waals surface area contributed by atoms with Crippen molar-refractivity contribution in [2.75, 3.05) is 0 Å². The molecule has 2 rings (SSSR count). The zero-order valence-electron chi connectivity index (χ0n) is 9.68. The maximum atomic E-state index is 8.97. The number of benzene rings is 1. The lowest BCUT2D eigenvalue weighted by atomic mass is 9.80. The molecule has 0 aliphatic rings. The maximum Gasteiger partial charge on any atom is 0.488 e. The van der Waals surface area contributed by atoms with Gasteiger partial charge in [0.25, 0.3) is 0 Å². The summed E-state index contributed by atoms with van der Waals surface area (Å²) in [7, 11) is -1.57. The first-order valence-electron chi connectivity index (χ1n) is 5.24. The van der Waals surface area contributed by atoms with Crippen molar-refractivity contribution < 1.29 is 14.2 Å². The minimum absolute atomic E-state index is 0.303. The Hall–Kier alpha value is -1.33. The number of rotatable bonds is 1. The van der Waals surface area contributed by atoms with Gasteiger partial charge in [-0.3, -0.25) is 4.68 Å². The molecular weight excluding hydrogens is 167 g/mol. The zero-order valence-corrected chi connectivity index (χ0v) is 6.68. The Morgan fingerprint density at radius 1 is 1.54 bits per heavy atom. The lowest BCUT2D eigenvalue weighted by Crippen LogP contribution is -2.29. The van der Waals surface area contributed by atoms with Gasteiger partial charge in [0.2, 0.25) is 0 Å². The minimum Gasteiger partial charge on any atom is -0.423 e. The van der Waals surface area contributed by atoms with Crippen molar-refractivity contribution in [2.24, 2.45) is 6.98 Å². The number of nitrogens with zero attached hydrogens (tertiary/aromatic N) is 2. The summed E-state index contributed by atoms with van der Waals surface area (Å²) in [6.45, 7) is -2.33. The number of hydrogen-bond acceptors (Lipinski definition) is 3. The van der Waals surface area contributed by atoms with E-state index >= 15 is 0 Å². The molecule has 0 radical (unpaired) electrons. The molecular formula is C8H9BN2O2. The summed E-state index contributed by atoms with van der Waals surface area (Å²) in [6.07, 6.45) is 1.38. The van der Waals surface area contributed by atoms with E-state index in [1.54, 1.807) is 0 Å². The van der Waals surface area contributed by atoms with Crippen LogP contribution in [-0.4, -0.2) is 26.9 Å². The van der Waals surface area contributed by atoms with Gasteiger partial charge in [-0.05, 0) is 11.5 Å². The van der Waals surface area contributed by atoms with Gasteiger partial charge in [-0.25, -0.2) is 0 Å². The first-order chi connectivity index (χ1) is 7.39. The van der Waals surface area contributed by atoms with E-state index < -0.39 is 14.1 Å². The normalized spacial score (nSPS) is 15.1. The highest BCUT2D eigenvalue weighted by atomic mass is 16.4. The molecule has 0 saturated carbocycles. The van der Waals surface area contributed by atoms with Gasteiger partial charge in [0.1, 0.15) is 0 Å². The topological polar surface area (TPSA) is 58.3 Å². The first kappa shape index (κ1) is 5.41. The minimum atomic E-state index is -2.33. The Morgan fingerprint density at radius 2 is 2.38 bits per heavy atom. The molecule has 1 heterocycles. The molecule has 2 N–H and O–H groups in total. The number of hydrogen-bond donors (Lipinski definition) is 2. The molecule has 0 unspecified atom stereocenters. The van der Waals surface area contributed by atoms with Gasteiger partial charge in [0.05, 0.1) is 11.7 Å². The molecule has 1 aromatic heterocycles.